The van der Waals surface area contributed by atoms with E-state index in [2.05, 4.69) is 12.1 Å². The zero-order valence-electron chi connectivity index (χ0n) is 11.0. The van der Waals surface area contributed by atoms with Gasteiger partial charge in [0, 0.05) is 21.1 Å². The summed E-state index contributed by atoms with van der Waals surface area (Å²) in [6.45, 7) is 1.23. The number of carbonyl (C=O) groups excluding carboxylic acids is 1. The maximum atomic E-state index is 9.86. The normalized spacial score (nSPS) is 9.50. The first-order valence-electron chi connectivity index (χ1n) is 5.50. The zero-order chi connectivity index (χ0) is 14.3. The van der Waals surface area contributed by atoms with Crippen molar-refractivity contribution in [2.45, 2.75) is 6.92 Å². The van der Waals surface area contributed by atoms with Gasteiger partial charge >= 0.3 is 0 Å². The Labute approximate surface area is 137 Å². The standard InChI is InChI=1S/2C6H5.C3H6O3S.W/c2*1-2-4-6-5-3-1;1-3(4)2-7(5)6;/h2*1-5H;2H2,1H3,(H,5,6);/q2*-1;;/p-1. The molecule has 0 fully saturated rings. The predicted octanol–water partition coefficient (Wildman–Crippen LogP) is 2.43. The minimum atomic E-state index is -2.20. The number of ketones is 1. The van der Waals surface area contributed by atoms with Crippen molar-refractivity contribution >= 4 is 16.9 Å². The number of hydrogen-bond acceptors (Lipinski definition) is 3. The molecule has 0 spiro atoms. The molecule has 5 heteroatoms. The smallest absolute Gasteiger partial charge is 0.141 e. The van der Waals surface area contributed by atoms with E-state index in [-0.39, 0.29) is 32.6 Å². The van der Waals surface area contributed by atoms with E-state index in [9.17, 15) is 13.6 Å². The van der Waals surface area contributed by atoms with Crippen LogP contribution in [0.15, 0.2) is 60.7 Å². The van der Waals surface area contributed by atoms with Crippen LogP contribution in [0.5, 0.6) is 0 Å². The SMILES string of the molecule is CC(=O)CS(=O)[O-].[W].[c-]1ccccc1.[c-]1ccccc1. The van der Waals surface area contributed by atoms with Crippen molar-refractivity contribution < 1.29 is 34.6 Å². The van der Waals surface area contributed by atoms with Gasteiger partial charge in [-0.1, -0.05) is 0 Å². The molecule has 0 saturated carbocycles. The molecule has 0 heterocycles. The van der Waals surface area contributed by atoms with Crippen molar-refractivity contribution in [1.29, 1.82) is 0 Å². The van der Waals surface area contributed by atoms with Crippen molar-refractivity contribution in [3.05, 3.63) is 72.8 Å². The molecule has 0 aliphatic carbocycles. The molecule has 1 unspecified atom stereocenters. The quantitative estimate of drug-likeness (QED) is 0.513. The van der Waals surface area contributed by atoms with Crippen molar-refractivity contribution in [3.63, 3.8) is 0 Å². The number of carbonyl (C=O) groups is 1. The van der Waals surface area contributed by atoms with Crippen molar-refractivity contribution in [2.24, 2.45) is 0 Å². The predicted molar refractivity (Wildman–Crippen MR) is 75.0 cm³/mol. The summed E-state index contributed by atoms with van der Waals surface area (Å²) in [5.41, 5.74) is 0. The Morgan fingerprint density at radius 3 is 1.35 bits per heavy atom. The fourth-order valence-electron chi connectivity index (χ4n) is 0.850. The van der Waals surface area contributed by atoms with Gasteiger partial charge in [-0.3, -0.25) is 9.00 Å². The van der Waals surface area contributed by atoms with Crippen LogP contribution in [0, 0.1) is 12.1 Å². The first-order chi connectivity index (χ1) is 9.13. The van der Waals surface area contributed by atoms with Gasteiger partial charge in [-0.05, 0) is 18.0 Å². The average Bonchev–Trinajstić information content (AvgIpc) is 2.42. The zero-order valence-corrected chi connectivity index (χ0v) is 14.8. The molecule has 2 rings (SSSR count). The van der Waals surface area contributed by atoms with Crippen LogP contribution >= 0.6 is 0 Å². The fourth-order valence-corrected chi connectivity index (χ4v) is 1.18. The van der Waals surface area contributed by atoms with Crippen LogP contribution < -0.4 is 0 Å². The molecule has 0 aliphatic heterocycles. The third-order valence-electron chi connectivity index (χ3n) is 1.54. The molecular weight excluding hydrogens is 444 g/mol. The molecule has 2 aromatic carbocycles. The second-order valence-corrected chi connectivity index (χ2v) is 4.20. The summed E-state index contributed by atoms with van der Waals surface area (Å²) < 4.78 is 19.2. The summed E-state index contributed by atoms with van der Waals surface area (Å²) in [4.78, 5) is 9.86. The fraction of sp³-hybridized carbons (Fsp3) is 0.133. The second kappa shape index (κ2) is 16.0. The number of rotatable bonds is 2. The van der Waals surface area contributed by atoms with E-state index < -0.39 is 11.1 Å². The monoisotopic (exact) mass is 459 g/mol. The first kappa shape index (κ1) is 21.2. The molecule has 20 heavy (non-hydrogen) atoms. The van der Waals surface area contributed by atoms with Crippen molar-refractivity contribution in [2.75, 3.05) is 5.75 Å². The van der Waals surface area contributed by atoms with Crippen LogP contribution in [0.25, 0.3) is 0 Å². The van der Waals surface area contributed by atoms with E-state index >= 15 is 0 Å². The van der Waals surface area contributed by atoms with Crippen LogP contribution in [0.1, 0.15) is 6.92 Å². The van der Waals surface area contributed by atoms with E-state index in [1.54, 1.807) is 0 Å². The first-order valence-corrected chi connectivity index (χ1v) is 6.75. The Morgan fingerprint density at radius 2 is 1.30 bits per heavy atom. The number of hydrogen-bond donors (Lipinski definition) is 0. The molecule has 0 aromatic heterocycles. The molecule has 0 saturated heterocycles. The van der Waals surface area contributed by atoms with Crippen LogP contribution in [0.2, 0.25) is 0 Å². The van der Waals surface area contributed by atoms with Crippen LogP contribution in [-0.2, 0) is 36.9 Å². The van der Waals surface area contributed by atoms with Gasteiger partial charge in [-0.25, -0.2) is 0 Å². The van der Waals surface area contributed by atoms with E-state index in [0.29, 0.717) is 0 Å². The molecule has 0 aliphatic rings. The Hall–Kier alpha value is -1.09. The summed E-state index contributed by atoms with van der Waals surface area (Å²) in [5, 5.41) is 0. The summed E-state index contributed by atoms with van der Waals surface area (Å²) >= 11 is -2.20. The van der Waals surface area contributed by atoms with Gasteiger partial charge in [0.05, 0.1) is 5.75 Å². The van der Waals surface area contributed by atoms with Gasteiger partial charge in [0.2, 0.25) is 0 Å². The molecule has 0 amide bonds. The van der Waals surface area contributed by atoms with Crippen LogP contribution in [0.4, 0.5) is 0 Å². The Kier molecular flexibility index (Phi) is 16.9. The molecule has 3 nitrogen and oxygen atoms in total. The van der Waals surface area contributed by atoms with Gasteiger partial charge in [0.15, 0.2) is 0 Å². The van der Waals surface area contributed by atoms with Gasteiger partial charge in [0.1, 0.15) is 5.78 Å². The van der Waals surface area contributed by atoms with Gasteiger partial charge in [-0.15, -0.1) is 0 Å². The van der Waals surface area contributed by atoms with E-state index in [1.165, 1.54) is 6.92 Å². The number of Topliss-reactive ketones (excluding diaryl/α,β-unsaturated/α-hetero) is 1. The molecule has 108 valence electrons. The molecular formula is C15H15O3SW-3. The Balaban J connectivity index is 0. The van der Waals surface area contributed by atoms with Crippen molar-refractivity contribution in [3.8, 4) is 0 Å². The Morgan fingerprint density at radius 1 is 0.950 bits per heavy atom. The van der Waals surface area contributed by atoms with Crippen LogP contribution in [0.3, 0.4) is 0 Å². The van der Waals surface area contributed by atoms with Gasteiger partial charge in [-0.2, -0.15) is 72.8 Å². The third kappa shape index (κ3) is 19.3. The van der Waals surface area contributed by atoms with Gasteiger partial charge in [0.25, 0.3) is 0 Å². The largest absolute Gasteiger partial charge is 0.772 e. The molecule has 0 bridgehead atoms. The molecule has 2 aromatic rings. The Bertz CT molecular complexity index is 352. The molecule has 0 radical (unpaired) electrons. The second-order valence-electron chi connectivity index (χ2n) is 3.30. The summed E-state index contributed by atoms with van der Waals surface area (Å²) in [5.74, 6) is -0.687. The van der Waals surface area contributed by atoms with E-state index in [0.717, 1.165) is 0 Å². The van der Waals surface area contributed by atoms with E-state index in [1.807, 2.05) is 60.7 Å². The summed E-state index contributed by atoms with van der Waals surface area (Å²) in [6, 6.07) is 25.0. The maximum absolute atomic E-state index is 9.86. The molecule has 0 N–H and O–H groups in total. The third-order valence-corrected chi connectivity index (χ3v) is 2.18. The summed E-state index contributed by atoms with van der Waals surface area (Å²) in [7, 11) is 0. The minimum absolute atomic E-state index is 0. The van der Waals surface area contributed by atoms with Gasteiger partial charge < -0.3 is 4.55 Å². The summed E-state index contributed by atoms with van der Waals surface area (Å²) in [6.07, 6.45) is 0. The average molecular weight is 459 g/mol. The maximum Gasteiger partial charge on any atom is 0.141 e. The van der Waals surface area contributed by atoms with Crippen LogP contribution in [-0.4, -0.2) is 20.3 Å². The molecule has 1 atom stereocenters. The van der Waals surface area contributed by atoms with Crippen molar-refractivity contribution in [1.82, 2.24) is 0 Å². The van der Waals surface area contributed by atoms with E-state index in [4.69, 9.17) is 0 Å². The topological polar surface area (TPSA) is 57.2 Å². The number of benzene rings is 2. The minimum Gasteiger partial charge on any atom is -0.772 e.